The highest BCUT2D eigenvalue weighted by atomic mass is 32.2. The minimum Gasteiger partial charge on any atom is -0.376 e. The summed E-state index contributed by atoms with van der Waals surface area (Å²) >= 11 is 0. The number of anilines is 2. The Bertz CT molecular complexity index is 863. The van der Waals surface area contributed by atoms with Crippen molar-refractivity contribution in [2.24, 2.45) is 0 Å². The van der Waals surface area contributed by atoms with Gasteiger partial charge in [0, 0.05) is 29.8 Å². The first kappa shape index (κ1) is 17.4. The molecule has 2 aromatic rings. The van der Waals surface area contributed by atoms with Crippen LogP contribution in [0.25, 0.3) is 0 Å². The molecule has 0 aliphatic rings. The van der Waals surface area contributed by atoms with E-state index in [2.05, 4.69) is 10.6 Å². The zero-order valence-corrected chi connectivity index (χ0v) is 13.5. The Morgan fingerprint density at radius 2 is 1.79 bits per heavy atom. The van der Waals surface area contributed by atoms with Gasteiger partial charge in [0.2, 0.25) is 5.91 Å². The zero-order chi connectivity index (χ0) is 17.7. The van der Waals surface area contributed by atoms with Crippen molar-refractivity contribution in [2.45, 2.75) is 4.90 Å². The average Bonchev–Trinajstić information content (AvgIpc) is 2.53. The molecule has 9 heteroatoms. The summed E-state index contributed by atoms with van der Waals surface area (Å²) in [5.41, 5.74) is 0.830. The molecule has 0 spiro atoms. The van der Waals surface area contributed by atoms with Gasteiger partial charge in [0.05, 0.1) is 16.4 Å². The van der Waals surface area contributed by atoms with Crippen LogP contribution < -0.4 is 10.6 Å². The molecule has 0 bridgehead atoms. The minimum absolute atomic E-state index is 0.0724. The number of nitro benzene ring substituents is 1. The first-order valence-electron chi connectivity index (χ1n) is 6.84. The van der Waals surface area contributed by atoms with Crippen LogP contribution in [0.15, 0.2) is 53.4 Å². The lowest BCUT2D eigenvalue weighted by Gasteiger charge is -2.08. The molecule has 2 N–H and O–H groups in total. The number of sulfone groups is 1. The van der Waals surface area contributed by atoms with Crippen LogP contribution in [-0.2, 0) is 14.6 Å². The Morgan fingerprint density at radius 1 is 1.12 bits per heavy atom. The molecule has 24 heavy (non-hydrogen) atoms. The summed E-state index contributed by atoms with van der Waals surface area (Å²) in [6, 6.07) is 11.6. The molecular formula is C15H15N3O5S. The fourth-order valence-corrected chi connectivity index (χ4v) is 2.53. The number of nitro groups is 1. The fraction of sp³-hybridized carbons (Fsp3) is 0.133. The van der Waals surface area contributed by atoms with Crippen molar-refractivity contribution in [3.8, 4) is 0 Å². The molecule has 0 aliphatic carbocycles. The van der Waals surface area contributed by atoms with Crippen molar-refractivity contribution in [1.82, 2.24) is 0 Å². The smallest absolute Gasteiger partial charge is 0.271 e. The molecule has 0 saturated carbocycles. The monoisotopic (exact) mass is 349 g/mol. The van der Waals surface area contributed by atoms with E-state index >= 15 is 0 Å². The van der Waals surface area contributed by atoms with Gasteiger partial charge in [-0.3, -0.25) is 14.9 Å². The van der Waals surface area contributed by atoms with Crippen molar-refractivity contribution in [3.63, 3.8) is 0 Å². The lowest BCUT2D eigenvalue weighted by Crippen LogP contribution is -2.21. The molecular weight excluding hydrogens is 334 g/mol. The highest BCUT2D eigenvalue weighted by molar-refractivity contribution is 7.90. The standard InChI is InChI=1S/C15H15N3O5S/c1-24(22,23)14-7-5-11(6-8-14)17-15(19)10-16-12-3-2-4-13(9-12)18(20)21/h2-9,16H,10H2,1H3,(H,17,19). The number of amides is 1. The number of benzene rings is 2. The third-order valence-corrected chi connectivity index (χ3v) is 4.20. The molecule has 0 saturated heterocycles. The summed E-state index contributed by atoms with van der Waals surface area (Å²) in [6.07, 6.45) is 1.10. The van der Waals surface area contributed by atoms with Crippen molar-refractivity contribution in [3.05, 3.63) is 58.6 Å². The maximum absolute atomic E-state index is 11.9. The minimum atomic E-state index is -3.29. The molecule has 1 amide bonds. The fourth-order valence-electron chi connectivity index (χ4n) is 1.90. The number of hydrogen-bond donors (Lipinski definition) is 2. The molecule has 0 fully saturated rings. The van der Waals surface area contributed by atoms with Crippen LogP contribution >= 0.6 is 0 Å². The molecule has 8 nitrogen and oxygen atoms in total. The van der Waals surface area contributed by atoms with E-state index < -0.39 is 14.8 Å². The van der Waals surface area contributed by atoms with Crippen LogP contribution in [-0.4, -0.2) is 32.0 Å². The summed E-state index contributed by atoms with van der Waals surface area (Å²) < 4.78 is 22.7. The van der Waals surface area contributed by atoms with Gasteiger partial charge >= 0.3 is 0 Å². The van der Waals surface area contributed by atoms with E-state index in [4.69, 9.17) is 0 Å². The molecule has 0 aliphatic heterocycles. The number of non-ortho nitro benzene ring substituents is 1. The largest absolute Gasteiger partial charge is 0.376 e. The van der Waals surface area contributed by atoms with Gasteiger partial charge in [-0.1, -0.05) is 6.07 Å². The SMILES string of the molecule is CS(=O)(=O)c1ccc(NC(=O)CNc2cccc([N+](=O)[O-])c2)cc1. The van der Waals surface area contributed by atoms with Gasteiger partial charge in [-0.05, 0) is 30.3 Å². The molecule has 0 atom stereocenters. The van der Waals surface area contributed by atoms with Crippen LogP contribution in [0.5, 0.6) is 0 Å². The summed E-state index contributed by atoms with van der Waals surface area (Å²) in [5, 5.41) is 16.1. The van der Waals surface area contributed by atoms with E-state index in [1.807, 2.05) is 0 Å². The Balaban J connectivity index is 1.94. The first-order valence-corrected chi connectivity index (χ1v) is 8.73. The van der Waals surface area contributed by atoms with E-state index in [9.17, 15) is 23.3 Å². The first-order chi connectivity index (χ1) is 11.3. The molecule has 2 aromatic carbocycles. The number of hydrogen-bond acceptors (Lipinski definition) is 6. The second-order valence-corrected chi connectivity index (χ2v) is 7.02. The van der Waals surface area contributed by atoms with E-state index in [1.165, 1.54) is 42.5 Å². The van der Waals surface area contributed by atoms with Crippen molar-refractivity contribution < 1.29 is 18.1 Å². The lowest BCUT2D eigenvalue weighted by molar-refractivity contribution is -0.384. The van der Waals surface area contributed by atoms with Gasteiger partial charge < -0.3 is 10.6 Å². The van der Waals surface area contributed by atoms with Crippen molar-refractivity contribution in [1.29, 1.82) is 0 Å². The van der Waals surface area contributed by atoms with Crippen LogP contribution in [0.2, 0.25) is 0 Å². The predicted molar refractivity (Wildman–Crippen MR) is 89.8 cm³/mol. The van der Waals surface area contributed by atoms with E-state index in [0.29, 0.717) is 11.4 Å². The molecule has 0 radical (unpaired) electrons. The Hall–Kier alpha value is -2.94. The molecule has 0 aromatic heterocycles. The molecule has 0 unspecified atom stereocenters. The Labute approximate surface area is 138 Å². The van der Waals surface area contributed by atoms with Gasteiger partial charge in [0.25, 0.3) is 5.69 Å². The lowest BCUT2D eigenvalue weighted by atomic mass is 10.3. The van der Waals surface area contributed by atoms with Crippen LogP contribution in [0.1, 0.15) is 0 Å². The van der Waals surface area contributed by atoms with Gasteiger partial charge in [-0.2, -0.15) is 0 Å². The highest BCUT2D eigenvalue weighted by Gasteiger charge is 2.09. The second kappa shape index (κ2) is 7.09. The predicted octanol–water partition coefficient (Wildman–Crippen LogP) is 2.05. The van der Waals surface area contributed by atoms with Gasteiger partial charge in [-0.15, -0.1) is 0 Å². The zero-order valence-electron chi connectivity index (χ0n) is 12.7. The Morgan fingerprint density at radius 3 is 2.38 bits per heavy atom. The van der Waals surface area contributed by atoms with Crippen LogP contribution in [0, 0.1) is 10.1 Å². The Kier molecular flexibility index (Phi) is 5.14. The summed E-state index contributed by atoms with van der Waals surface area (Å²) in [6.45, 7) is -0.0883. The summed E-state index contributed by atoms with van der Waals surface area (Å²) in [7, 11) is -3.29. The van der Waals surface area contributed by atoms with E-state index in [0.717, 1.165) is 6.26 Å². The van der Waals surface area contributed by atoms with Crippen molar-refractivity contribution >= 4 is 32.8 Å². The normalized spacial score (nSPS) is 10.9. The number of nitrogens with zero attached hydrogens (tertiary/aromatic N) is 1. The maximum atomic E-state index is 11.9. The molecule has 0 heterocycles. The molecule has 2 rings (SSSR count). The van der Waals surface area contributed by atoms with Gasteiger partial charge in [0.1, 0.15) is 0 Å². The van der Waals surface area contributed by atoms with Crippen LogP contribution in [0.3, 0.4) is 0 Å². The highest BCUT2D eigenvalue weighted by Crippen LogP contribution is 2.17. The third-order valence-electron chi connectivity index (χ3n) is 3.08. The average molecular weight is 349 g/mol. The quantitative estimate of drug-likeness (QED) is 0.608. The van der Waals surface area contributed by atoms with E-state index in [-0.39, 0.29) is 23.0 Å². The number of nitrogens with one attached hydrogen (secondary N) is 2. The molecule has 126 valence electrons. The number of carbonyl (C=O) groups is 1. The maximum Gasteiger partial charge on any atom is 0.271 e. The topological polar surface area (TPSA) is 118 Å². The van der Waals surface area contributed by atoms with Gasteiger partial charge in [-0.25, -0.2) is 8.42 Å². The third kappa shape index (κ3) is 4.78. The summed E-state index contributed by atoms with van der Waals surface area (Å²) in [4.78, 5) is 22.2. The number of rotatable bonds is 6. The summed E-state index contributed by atoms with van der Waals surface area (Å²) in [5.74, 6) is -0.367. The van der Waals surface area contributed by atoms with Crippen molar-refractivity contribution in [2.75, 3.05) is 23.4 Å². The van der Waals surface area contributed by atoms with Crippen LogP contribution in [0.4, 0.5) is 17.1 Å². The number of carbonyl (C=O) groups excluding carboxylic acids is 1. The second-order valence-electron chi connectivity index (χ2n) is 5.01. The van der Waals surface area contributed by atoms with Gasteiger partial charge in [0.15, 0.2) is 9.84 Å². The van der Waals surface area contributed by atoms with E-state index in [1.54, 1.807) is 6.07 Å².